The molecule has 3 N–H and O–H groups in total. The number of anilines is 1. The van der Waals surface area contributed by atoms with Gasteiger partial charge in [0.2, 0.25) is 0 Å². The van der Waals surface area contributed by atoms with E-state index in [0.29, 0.717) is 17.9 Å². The largest absolute Gasteiger partial charge is 0.462 e. The maximum absolute atomic E-state index is 11.7. The highest BCUT2D eigenvalue weighted by molar-refractivity contribution is 8.00. The monoisotopic (exact) mass is 297 g/mol. The molecule has 0 aliphatic heterocycles. The summed E-state index contributed by atoms with van der Waals surface area (Å²) in [4.78, 5) is 12.5. The summed E-state index contributed by atoms with van der Waals surface area (Å²) in [7, 11) is 0. The SMILES string of the molecule is CCOC(=O)c1ccc(N)c(SC(C)(C)C(C)(C)O)c1. The summed E-state index contributed by atoms with van der Waals surface area (Å²) in [5.41, 5.74) is 6.13. The Hall–Kier alpha value is -1.20. The Morgan fingerprint density at radius 2 is 1.95 bits per heavy atom. The molecular formula is C15H23NO3S. The van der Waals surface area contributed by atoms with Crippen molar-refractivity contribution >= 4 is 23.4 Å². The van der Waals surface area contributed by atoms with Crippen LogP contribution < -0.4 is 5.73 Å². The van der Waals surface area contributed by atoms with Crippen molar-refractivity contribution < 1.29 is 14.6 Å². The maximum Gasteiger partial charge on any atom is 0.338 e. The summed E-state index contributed by atoms with van der Waals surface area (Å²) in [5.74, 6) is -0.365. The lowest BCUT2D eigenvalue weighted by molar-refractivity contribution is 0.0492. The number of hydrogen-bond donors (Lipinski definition) is 2. The number of nitrogens with two attached hydrogens (primary N) is 1. The highest BCUT2D eigenvalue weighted by Crippen LogP contribution is 2.42. The Kier molecular flexibility index (Phi) is 5.10. The molecule has 0 bridgehead atoms. The summed E-state index contributed by atoms with van der Waals surface area (Å²) >= 11 is 1.45. The van der Waals surface area contributed by atoms with Crippen LogP contribution in [0.5, 0.6) is 0 Å². The number of carbonyl (C=O) groups excluding carboxylic acids is 1. The molecule has 1 rings (SSSR count). The van der Waals surface area contributed by atoms with Gasteiger partial charge in [0.15, 0.2) is 0 Å². The molecule has 0 radical (unpaired) electrons. The lowest BCUT2D eigenvalue weighted by Crippen LogP contribution is -2.42. The van der Waals surface area contributed by atoms with Crippen LogP contribution in [0.15, 0.2) is 23.1 Å². The Balaban J connectivity index is 3.07. The van der Waals surface area contributed by atoms with Crippen LogP contribution in [0.2, 0.25) is 0 Å². The predicted octanol–water partition coefficient (Wildman–Crippen LogP) is 3.09. The topological polar surface area (TPSA) is 72.5 Å². The molecule has 0 heterocycles. The van der Waals surface area contributed by atoms with Crippen molar-refractivity contribution in [3.63, 3.8) is 0 Å². The molecule has 0 aromatic heterocycles. The van der Waals surface area contributed by atoms with Gasteiger partial charge in [0, 0.05) is 15.3 Å². The fourth-order valence-electron chi connectivity index (χ4n) is 1.36. The fraction of sp³-hybridized carbons (Fsp3) is 0.533. The normalized spacial score (nSPS) is 12.3. The number of benzene rings is 1. The molecule has 4 nitrogen and oxygen atoms in total. The summed E-state index contributed by atoms with van der Waals surface area (Å²) in [6.07, 6.45) is 0. The first-order valence-electron chi connectivity index (χ1n) is 6.56. The fourth-order valence-corrected chi connectivity index (χ4v) is 2.54. The Bertz CT molecular complexity index is 492. The summed E-state index contributed by atoms with van der Waals surface area (Å²) in [5, 5.41) is 10.2. The molecule has 0 unspecified atom stereocenters. The molecule has 1 aromatic carbocycles. The van der Waals surface area contributed by atoms with Gasteiger partial charge in [-0.1, -0.05) is 0 Å². The van der Waals surface area contributed by atoms with Gasteiger partial charge in [0.25, 0.3) is 0 Å². The highest BCUT2D eigenvalue weighted by Gasteiger charge is 2.36. The van der Waals surface area contributed by atoms with Crippen molar-refractivity contribution in [2.75, 3.05) is 12.3 Å². The van der Waals surface area contributed by atoms with Gasteiger partial charge in [-0.15, -0.1) is 11.8 Å². The lowest BCUT2D eigenvalue weighted by atomic mass is 9.94. The van der Waals surface area contributed by atoms with E-state index in [9.17, 15) is 9.90 Å². The molecule has 0 aliphatic rings. The Morgan fingerprint density at radius 1 is 1.35 bits per heavy atom. The number of hydrogen-bond acceptors (Lipinski definition) is 5. The van der Waals surface area contributed by atoms with Gasteiger partial charge < -0.3 is 15.6 Å². The van der Waals surface area contributed by atoms with E-state index in [4.69, 9.17) is 10.5 Å². The smallest absolute Gasteiger partial charge is 0.338 e. The van der Waals surface area contributed by atoms with Crippen LogP contribution in [0.1, 0.15) is 45.0 Å². The number of esters is 1. The number of carbonyl (C=O) groups is 1. The maximum atomic E-state index is 11.7. The second-order valence-electron chi connectivity index (χ2n) is 5.64. The van der Waals surface area contributed by atoms with Crippen molar-refractivity contribution in [1.82, 2.24) is 0 Å². The van der Waals surface area contributed by atoms with E-state index in [1.165, 1.54) is 11.8 Å². The Labute approximate surface area is 124 Å². The van der Waals surface area contributed by atoms with E-state index in [2.05, 4.69) is 0 Å². The van der Waals surface area contributed by atoms with Crippen LogP contribution in [0, 0.1) is 0 Å². The quantitative estimate of drug-likeness (QED) is 0.496. The summed E-state index contributed by atoms with van der Waals surface area (Å²) < 4.78 is 4.53. The second kappa shape index (κ2) is 6.06. The van der Waals surface area contributed by atoms with Gasteiger partial charge >= 0.3 is 5.97 Å². The zero-order valence-electron chi connectivity index (χ0n) is 12.7. The molecule has 112 valence electrons. The van der Waals surface area contributed by atoms with Gasteiger partial charge in [-0.25, -0.2) is 4.79 Å². The van der Waals surface area contributed by atoms with Crippen LogP contribution >= 0.6 is 11.8 Å². The minimum atomic E-state index is -0.885. The van der Waals surface area contributed by atoms with E-state index >= 15 is 0 Å². The average molecular weight is 297 g/mol. The average Bonchev–Trinajstić information content (AvgIpc) is 2.30. The lowest BCUT2D eigenvalue weighted by Gasteiger charge is -2.36. The third-order valence-corrected chi connectivity index (χ3v) is 4.95. The van der Waals surface area contributed by atoms with E-state index in [1.54, 1.807) is 39.0 Å². The van der Waals surface area contributed by atoms with Crippen LogP contribution in [0.4, 0.5) is 5.69 Å². The van der Waals surface area contributed by atoms with E-state index in [1.807, 2.05) is 13.8 Å². The van der Waals surface area contributed by atoms with E-state index < -0.39 is 10.3 Å². The van der Waals surface area contributed by atoms with Crippen LogP contribution in [0.3, 0.4) is 0 Å². The first-order chi connectivity index (χ1) is 9.08. The number of ether oxygens (including phenoxy) is 1. The number of thioether (sulfide) groups is 1. The van der Waals surface area contributed by atoms with E-state index in [0.717, 1.165) is 4.90 Å². The molecule has 0 saturated heterocycles. The van der Waals surface area contributed by atoms with Crippen LogP contribution in [0.25, 0.3) is 0 Å². The third-order valence-electron chi connectivity index (χ3n) is 3.36. The van der Waals surface area contributed by atoms with Crippen molar-refractivity contribution in [3.8, 4) is 0 Å². The molecule has 0 saturated carbocycles. The third kappa shape index (κ3) is 3.90. The highest BCUT2D eigenvalue weighted by atomic mass is 32.2. The Morgan fingerprint density at radius 3 is 2.45 bits per heavy atom. The zero-order chi connectivity index (χ0) is 15.6. The first kappa shape index (κ1) is 16.9. The van der Waals surface area contributed by atoms with Gasteiger partial charge in [-0.3, -0.25) is 0 Å². The second-order valence-corrected chi connectivity index (χ2v) is 7.31. The molecule has 0 fully saturated rings. The summed E-state index contributed by atoms with van der Waals surface area (Å²) in [6.45, 7) is 9.49. The molecule has 1 aromatic rings. The molecule has 0 atom stereocenters. The number of rotatable bonds is 5. The number of nitrogen functional groups attached to an aromatic ring is 1. The van der Waals surface area contributed by atoms with Crippen molar-refractivity contribution in [3.05, 3.63) is 23.8 Å². The van der Waals surface area contributed by atoms with Crippen molar-refractivity contribution in [1.29, 1.82) is 0 Å². The standard InChI is InChI=1S/C15H23NO3S/c1-6-19-13(17)10-7-8-11(16)12(9-10)20-15(4,5)14(2,3)18/h7-9,18H,6,16H2,1-5H3. The summed E-state index contributed by atoms with van der Waals surface area (Å²) in [6, 6.07) is 5.05. The van der Waals surface area contributed by atoms with Gasteiger partial charge in [-0.05, 0) is 52.8 Å². The first-order valence-corrected chi connectivity index (χ1v) is 7.38. The minimum Gasteiger partial charge on any atom is -0.462 e. The van der Waals surface area contributed by atoms with E-state index in [-0.39, 0.29) is 5.97 Å². The van der Waals surface area contributed by atoms with Gasteiger partial charge in [-0.2, -0.15) is 0 Å². The molecule has 0 spiro atoms. The number of aliphatic hydroxyl groups is 1. The van der Waals surface area contributed by atoms with Crippen molar-refractivity contribution in [2.45, 2.75) is 49.9 Å². The molecule has 0 amide bonds. The molecule has 0 aliphatic carbocycles. The van der Waals surface area contributed by atoms with Gasteiger partial charge in [0.1, 0.15) is 0 Å². The van der Waals surface area contributed by atoms with Crippen LogP contribution in [-0.4, -0.2) is 28.0 Å². The molecule has 5 heteroatoms. The van der Waals surface area contributed by atoms with Gasteiger partial charge in [0.05, 0.1) is 17.8 Å². The predicted molar refractivity (Wildman–Crippen MR) is 83.0 cm³/mol. The van der Waals surface area contributed by atoms with Crippen molar-refractivity contribution in [2.24, 2.45) is 0 Å². The zero-order valence-corrected chi connectivity index (χ0v) is 13.5. The molecular weight excluding hydrogens is 274 g/mol. The molecule has 20 heavy (non-hydrogen) atoms. The van der Waals surface area contributed by atoms with Crippen LogP contribution in [-0.2, 0) is 4.74 Å². The minimum absolute atomic E-state index is 0.334.